The maximum absolute atomic E-state index is 5.59. The third-order valence-electron chi connectivity index (χ3n) is 2.74. The van der Waals surface area contributed by atoms with Crippen molar-refractivity contribution in [3.63, 3.8) is 0 Å². The van der Waals surface area contributed by atoms with Gasteiger partial charge in [0.15, 0.2) is 0 Å². The van der Waals surface area contributed by atoms with Gasteiger partial charge in [-0.3, -0.25) is 4.90 Å². The molecule has 14 heavy (non-hydrogen) atoms. The lowest BCUT2D eigenvalue weighted by molar-refractivity contribution is -0.0236. The lowest BCUT2D eigenvalue weighted by atomic mass is 10.1. The topological polar surface area (TPSA) is 38.5 Å². The molecule has 0 aromatic carbocycles. The number of rotatable bonds is 5. The molecule has 0 bridgehead atoms. The molecule has 1 fully saturated rings. The molecule has 0 aliphatic carbocycles. The van der Waals surface area contributed by atoms with Crippen molar-refractivity contribution in [3.05, 3.63) is 0 Å². The summed E-state index contributed by atoms with van der Waals surface area (Å²) in [5, 5.41) is 0. The smallest absolute Gasteiger partial charge is 0.0824 e. The van der Waals surface area contributed by atoms with Crippen molar-refractivity contribution in [3.8, 4) is 0 Å². The van der Waals surface area contributed by atoms with Crippen molar-refractivity contribution < 1.29 is 4.74 Å². The van der Waals surface area contributed by atoms with Crippen LogP contribution in [0.1, 0.15) is 26.7 Å². The van der Waals surface area contributed by atoms with Gasteiger partial charge in [0.2, 0.25) is 0 Å². The van der Waals surface area contributed by atoms with E-state index in [2.05, 4.69) is 18.7 Å². The van der Waals surface area contributed by atoms with Crippen molar-refractivity contribution in [2.45, 2.75) is 32.8 Å². The van der Waals surface area contributed by atoms with Gasteiger partial charge < -0.3 is 10.5 Å². The van der Waals surface area contributed by atoms with Gasteiger partial charge in [-0.15, -0.1) is 0 Å². The molecule has 1 atom stereocenters. The molecule has 0 spiro atoms. The van der Waals surface area contributed by atoms with Gasteiger partial charge in [0.1, 0.15) is 0 Å². The molecule has 3 heteroatoms. The molecule has 3 nitrogen and oxygen atoms in total. The molecular formula is C11H24N2O. The monoisotopic (exact) mass is 200 g/mol. The third-order valence-corrected chi connectivity index (χ3v) is 2.74. The summed E-state index contributed by atoms with van der Waals surface area (Å²) in [6, 6.07) is 0. The van der Waals surface area contributed by atoms with E-state index in [4.69, 9.17) is 10.5 Å². The Balaban J connectivity index is 2.11. The number of nitrogens with two attached hydrogens (primary N) is 1. The van der Waals surface area contributed by atoms with E-state index < -0.39 is 0 Å². The summed E-state index contributed by atoms with van der Waals surface area (Å²) < 4.78 is 5.52. The maximum Gasteiger partial charge on any atom is 0.0824 e. The number of nitrogens with zero attached hydrogens (tertiary/aromatic N) is 1. The minimum absolute atomic E-state index is 0.266. The zero-order chi connectivity index (χ0) is 10.4. The van der Waals surface area contributed by atoms with Crippen LogP contribution in [-0.2, 0) is 4.74 Å². The van der Waals surface area contributed by atoms with Gasteiger partial charge >= 0.3 is 0 Å². The third kappa shape index (κ3) is 4.40. The van der Waals surface area contributed by atoms with E-state index in [0.717, 1.165) is 25.6 Å². The van der Waals surface area contributed by atoms with Crippen LogP contribution in [-0.4, -0.2) is 43.8 Å². The molecule has 0 radical (unpaired) electrons. The minimum Gasteiger partial charge on any atom is -0.374 e. The molecular weight excluding hydrogens is 176 g/mol. The summed E-state index contributed by atoms with van der Waals surface area (Å²) in [5.74, 6) is 0.821. The first-order chi connectivity index (χ1) is 6.72. The average Bonchev–Trinajstić information content (AvgIpc) is 2.18. The van der Waals surface area contributed by atoms with Crippen molar-refractivity contribution >= 4 is 0 Å². The van der Waals surface area contributed by atoms with Crippen molar-refractivity contribution in [1.82, 2.24) is 4.90 Å². The lowest BCUT2D eigenvalue weighted by Gasteiger charge is -2.32. The first kappa shape index (κ1) is 12.0. The molecule has 84 valence electrons. The van der Waals surface area contributed by atoms with E-state index in [-0.39, 0.29) is 6.10 Å². The van der Waals surface area contributed by atoms with Gasteiger partial charge in [0.05, 0.1) is 12.7 Å². The van der Waals surface area contributed by atoms with Gasteiger partial charge in [0.25, 0.3) is 0 Å². The minimum atomic E-state index is 0.266. The Bertz CT molecular complexity index is 150. The molecule has 1 saturated heterocycles. The number of ether oxygens (including phenoxy) is 1. The first-order valence-corrected chi connectivity index (χ1v) is 5.76. The van der Waals surface area contributed by atoms with Gasteiger partial charge in [-0.25, -0.2) is 0 Å². The van der Waals surface area contributed by atoms with E-state index in [1.165, 1.54) is 19.4 Å². The second-order valence-corrected chi connectivity index (χ2v) is 4.57. The van der Waals surface area contributed by atoms with E-state index in [0.29, 0.717) is 6.54 Å². The Kier molecular flexibility index (Phi) is 5.45. The van der Waals surface area contributed by atoms with Crippen LogP contribution in [0.4, 0.5) is 0 Å². The maximum atomic E-state index is 5.59. The summed E-state index contributed by atoms with van der Waals surface area (Å²) in [6.45, 7) is 9.37. The zero-order valence-corrected chi connectivity index (χ0v) is 9.54. The van der Waals surface area contributed by atoms with Crippen LogP contribution in [0.2, 0.25) is 0 Å². The van der Waals surface area contributed by atoms with Crippen molar-refractivity contribution in [1.29, 1.82) is 0 Å². The van der Waals surface area contributed by atoms with E-state index in [1.807, 2.05) is 0 Å². The highest BCUT2D eigenvalue weighted by Gasteiger charge is 2.18. The van der Waals surface area contributed by atoms with Gasteiger partial charge in [0, 0.05) is 19.6 Å². The second kappa shape index (κ2) is 6.38. The predicted molar refractivity (Wildman–Crippen MR) is 59.3 cm³/mol. The summed E-state index contributed by atoms with van der Waals surface area (Å²) in [7, 11) is 0. The first-order valence-electron chi connectivity index (χ1n) is 5.76. The fourth-order valence-electron chi connectivity index (χ4n) is 1.85. The van der Waals surface area contributed by atoms with Crippen molar-refractivity contribution in [2.75, 3.05) is 32.8 Å². The Morgan fingerprint density at radius 2 is 2.29 bits per heavy atom. The fourth-order valence-corrected chi connectivity index (χ4v) is 1.85. The molecule has 1 heterocycles. The highest BCUT2D eigenvalue weighted by molar-refractivity contribution is 4.71. The number of hydrogen-bond donors (Lipinski definition) is 1. The highest BCUT2D eigenvalue weighted by Crippen LogP contribution is 2.08. The predicted octanol–water partition coefficient (Wildman–Crippen LogP) is 1.08. The van der Waals surface area contributed by atoms with Gasteiger partial charge in [-0.1, -0.05) is 13.8 Å². The van der Waals surface area contributed by atoms with Crippen LogP contribution in [0.3, 0.4) is 0 Å². The van der Waals surface area contributed by atoms with E-state index in [9.17, 15) is 0 Å². The summed E-state index contributed by atoms with van der Waals surface area (Å²) >= 11 is 0. The van der Waals surface area contributed by atoms with E-state index >= 15 is 0 Å². The Hall–Kier alpha value is -0.120. The molecule has 1 rings (SSSR count). The van der Waals surface area contributed by atoms with Crippen LogP contribution in [0.5, 0.6) is 0 Å². The molecule has 0 amide bonds. The molecule has 1 aliphatic heterocycles. The molecule has 0 saturated carbocycles. The van der Waals surface area contributed by atoms with Crippen molar-refractivity contribution in [2.24, 2.45) is 11.7 Å². The normalized spacial score (nSPS) is 24.4. The average molecular weight is 200 g/mol. The standard InChI is InChI=1S/C11H24N2O/c1-10(2)4-3-5-13-6-7-14-11(8-12)9-13/h10-11H,3-9,12H2,1-2H3. The molecule has 1 unspecified atom stereocenters. The Labute approximate surface area is 87.6 Å². The van der Waals surface area contributed by atoms with E-state index in [1.54, 1.807) is 0 Å². The highest BCUT2D eigenvalue weighted by atomic mass is 16.5. The summed E-state index contributed by atoms with van der Waals surface area (Å²) in [5.41, 5.74) is 5.59. The van der Waals surface area contributed by atoms with Gasteiger partial charge in [-0.2, -0.15) is 0 Å². The van der Waals surface area contributed by atoms with Crippen LogP contribution in [0.25, 0.3) is 0 Å². The molecule has 0 aromatic rings. The Morgan fingerprint density at radius 3 is 2.93 bits per heavy atom. The molecule has 0 aromatic heterocycles. The van der Waals surface area contributed by atoms with Gasteiger partial charge in [-0.05, 0) is 25.3 Å². The lowest BCUT2D eigenvalue weighted by Crippen LogP contribution is -2.45. The quantitative estimate of drug-likeness (QED) is 0.722. The van der Waals surface area contributed by atoms with Crippen LogP contribution >= 0.6 is 0 Å². The zero-order valence-electron chi connectivity index (χ0n) is 9.54. The summed E-state index contributed by atoms with van der Waals surface area (Å²) in [4.78, 5) is 2.48. The molecule has 1 aliphatic rings. The largest absolute Gasteiger partial charge is 0.374 e. The summed E-state index contributed by atoms with van der Waals surface area (Å²) in [6.07, 6.45) is 2.89. The Morgan fingerprint density at radius 1 is 1.50 bits per heavy atom. The SMILES string of the molecule is CC(C)CCCN1CCOC(CN)C1. The fraction of sp³-hybridized carbons (Fsp3) is 1.00. The van der Waals surface area contributed by atoms with Crippen LogP contribution in [0.15, 0.2) is 0 Å². The van der Waals surface area contributed by atoms with Crippen LogP contribution in [0, 0.1) is 5.92 Å². The van der Waals surface area contributed by atoms with Crippen LogP contribution < -0.4 is 5.73 Å². The molecule has 2 N–H and O–H groups in total. The second-order valence-electron chi connectivity index (χ2n) is 4.57. The number of hydrogen-bond acceptors (Lipinski definition) is 3. The number of morpholine rings is 1.